The van der Waals surface area contributed by atoms with Gasteiger partial charge in [-0.05, 0) is 6.42 Å². The molecule has 2 aromatic heterocycles. The lowest BCUT2D eigenvalue weighted by Crippen LogP contribution is -2.21. The van der Waals surface area contributed by atoms with Gasteiger partial charge in [-0.25, -0.2) is 9.97 Å². The monoisotopic (exact) mass is 233 g/mol. The van der Waals surface area contributed by atoms with Gasteiger partial charge in [0.1, 0.15) is 6.26 Å². The molecule has 0 bridgehead atoms. The van der Waals surface area contributed by atoms with E-state index in [1.807, 2.05) is 6.20 Å². The van der Waals surface area contributed by atoms with Gasteiger partial charge in [0.05, 0.1) is 12.0 Å². The van der Waals surface area contributed by atoms with Gasteiger partial charge in [-0.2, -0.15) is 0 Å². The number of aryl methyl sites for hydroxylation is 1. The van der Waals surface area contributed by atoms with Gasteiger partial charge in [0.15, 0.2) is 5.89 Å². The van der Waals surface area contributed by atoms with Crippen LogP contribution in [0.15, 0.2) is 23.2 Å². The number of nitrogens with zero attached hydrogens (tertiary/aromatic N) is 2. The summed E-state index contributed by atoms with van der Waals surface area (Å²) in [7, 11) is 0. The molecule has 2 rings (SSSR count). The van der Waals surface area contributed by atoms with Gasteiger partial charge >= 0.3 is 0 Å². The Labute approximate surface area is 101 Å². The topological polar surface area (TPSA) is 54.7 Å². The molecule has 0 aromatic carbocycles. The van der Waals surface area contributed by atoms with E-state index in [2.05, 4.69) is 35.7 Å². The van der Waals surface area contributed by atoms with E-state index in [4.69, 9.17) is 4.42 Å². The minimum atomic E-state index is -0.113. The number of hydrogen-bond acceptors (Lipinski definition) is 3. The van der Waals surface area contributed by atoms with Gasteiger partial charge in [-0.3, -0.25) is 0 Å². The standard InChI is InChI=1S/C13H19N3O/c1-4-5-10-8-17-12(16-10)13(2,3)6-11-7-14-9-15-11/h7-9H,4-6H2,1-3H3,(H,14,15). The van der Waals surface area contributed by atoms with E-state index in [9.17, 15) is 0 Å². The minimum Gasteiger partial charge on any atom is -0.448 e. The number of oxazole rings is 1. The highest BCUT2D eigenvalue weighted by Gasteiger charge is 2.27. The molecular formula is C13H19N3O. The Morgan fingerprint density at radius 1 is 1.41 bits per heavy atom. The van der Waals surface area contributed by atoms with Crippen molar-refractivity contribution in [1.29, 1.82) is 0 Å². The third-order valence-electron chi connectivity index (χ3n) is 2.82. The highest BCUT2D eigenvalue weighted by atomic mass is 16.3. The van der Waals surface area contributed by atoms with Crippen LogP contribution in [0.2, 0.25) is 0 Å². The Morgan fingerprint density at radius 3 is 2.88 bits per heavy atom. The molecule has 1 N–H and O–H groups in total. The average molecular weight is 233 g/mol. The van der Waals surface area contributed by atoms with Gasteiger partial charge in [0.25, 0.3) is 0 Å². The van der Waals surface area contributed by atoms with Crippen molar-refractivity contribution in [1.82, 2.24) is 15.0 Å². The predicted molar refractivity (Wildman–Crippen MR) is 65.8 cm³/mol. The zero-order chi connectivity index (χ0) is 12.3. The molecule has 92 valence electrons. The van der Waals surface area contributed by atoms with Crippen molar-refractivity contribution in [2.24, 2.45) is 0 Å². The maximum absolute atomic E-state index is 5.59. The highest BCUT2D eigenvalue weighted by Crippen LogP contribution is 2.26. The molecule has 0 saturated carbocycles. The molecule has 4 nitrogen and oxygen atoms in total. The SMILES string of the molecule is CCCc1coc(C(C)(C)Cc2cnc[nH]2)n1. The van der Waals surface area contributed by atoms with Crippen molar-refractivity contribution in [3.05, 3.63) is 36.1 Å². The molecule has 17 heavy (non-hydrogen) atoms. The average Bonchev–Trinajstić information content (AvgIpc) is 2.88. The second-order valence-corrected chi connectivity index (χ2v) is 5.03. The van der Waals surface area contributed by atoms with Gasteiger partial charge < -0.3 is 9.40 Å². The van der Waals surface area contributed by atoms with Crippen molar-refractivity contribution in [3.63, 3.8) is 0 Å². The van der Waals surface area contributed by atoms with Crippen LogP contribution in [0.4, 0.5) is 0 Å². The van der Waals surface area contributed by atoms with Crippen LogP contribution < -0.4 is 0 Å². The molecule has 2 aromatic rings. The van der Waals surface area contributed by atoms with Crippen molar-refractivity contribution in [2.75, 3.05) is 0 Å². The summed E-state index contributed by atoms with van der Waals surface area (Å²) in [5.41, 5.74) is 2.03. The van der Waals surface area contributed by atoms with Gasteiger partial charge in [-0.15, -0.1) is 0 Å². The van der Waals surface area contributed by atoms with Crippen LogP contribution in [-0.2, 0) is 18.3 Å². The summed E-state index contributed by atoms with van der Waals surface area (Å²) in [6.45, 7) is 6.41. The van der Waals surface area contributed by atoms with Crippen LogP contribution in [0, 0.1) is 0 Å². The molecule has 0 fully saturated rings. The van der Waals surface area contributed by atoms with E-state index < -0.39 is 0 Å². The predicted octanol–water partition coefficient (Wildman–Crippen LogP) is 2.87. The normalized spacial score (nSPS) is 11.9. The summed E-state index contributed by atoms with van der Waals surface area (Å²) in [6.07, 6.45) is 8.23. The fraction of sp³-hybridized carbons (Fsp3) is 0.538. The Bertz CT molecular complexity index is 457. The number of aromatic amines is 1. The molecule has 2 heterocycles. The fourth-order valence-electron chi connectivity index (χ4n) is 1.92. The molecule has 0 atom stereocenters. The summed E-state index contributed by atoms with van der Waals surface area (Å²) in [4.78, 5) is 11.7. The van der Waals surface area contributed by atoms with Crippen molar-refractivity contribution >= 4 is 0 Å². The van der Waals surface area contributed by atoms with Crippen LogP contribution in [0.3, 0.4) is 0 Å². The summed E-state index contributed by atoms with van der Waals surface area (Å²) in [5, 5.41) is 0. The zero-order valence-corrected chi connectivity index (χ0v) is 10.7. The molecule has 0 aliphatic carbocycles. The summed E-state index contributed by atoms with van der Waals surface area (Å²) < 4.78 is 5.59. The molecule has 0 aliphatic heterocycles. The van der Waals surface area contributed by atoms with E-state index in [0.29, 0.717) is 0 Å². The largest absolute Gasteiger partial charge is 0.448 e. The Kier molecular flexibility index (Phi) is 3.31. The van der Waals surface area contributed by atoms with Gasteiger partial charge in [0, 0.05) is 23.7 Å². The molecule has 0 unspecified atom stereocenters. The molecule has 0 radical (unpaired) electrons. The summed E-state index contributed by atoms with van der Waals surface area (Å²) in [6, 6.07) is 0. The Balaban J connectivity index is 2.13. The lowest BCUT2D eigenvalue weighted by atomic mass is 9.88. The van der Waals surface area contributed by atoms with Crippen LogP contribution >= 0.6 is 0 Å². The lowest BCUT2D eigenvalue weighted by molar-refractivity contribution is 0.364. The third kappa shape index (κ3) is 2.75. The molecule has 4 heteroatoms. The summed E-state index contributed by atoms with van der Waals surface area (Å²) >= 11 is 0. The molecule has 0 saturated heterocycles. The van der Waals surface area contributed by atoms with E-state index in [0.717, 1.165) is 36.5 Å². The maximum Gasteiger partial charge on any atom is 0.200 e. The number of nitrogens with one attached hydrogen (secondary N) is 1. The smallest absolute Gasteiger partial charge is 0.200 e. The number of aromatic nitrogens is 3. The lowest BCUT2D eigenvalue weighted by Gasteiger charge is -2.19. The van der Waals surface area contributed by atoms with Crippen LogP contribution in [0.5, 0.6) is 0 Å². The van der Waals surface area contributed by atoms with E-state index in [-0.39, 0.29) is 5.41 Å². The fourth-order valence-corrected chi connectivity index (χ4v) is 1.92. The number of H-pyrrole nitrogens is 1. The molecule has 0 aliphatic rings. The second-order valence-electron chi connectivity index (χ2n) is 5.03. The van der Waals surface area contributed by atoms with Crippen molar-refractivity contribution in [3.8, 4) is 0 Å². The van der Waals surface area contributed by atoms with E-state index >= 15 is 0 Å². The van der Waals surface area contributed by atoms with Gasteiger partial charge in [-0.1, -0.05) is 27.2 Å². The maximum atomic E-state index is 5.59. The van der Waals surface area contributed by atoms with Crippen molar-refractivity contribution < 1.29 is 4.42 Å². The number of imidazole rings is 1. The first kappa shape index (κ1) is 11.9. The van der Waals surface area contributed by atoms with Crippen LogP contribution in [-0.4, -0.2) is 15.0 Å². The minimum absolute atomic E-state index is 0.113. The second kappa shape index (κ2) is 4.73. The highest BCUT2D eigenvalue weighted by molar-refractivity contribution is 5.11. The van der Waals surface area contributed by atoms with Crippen LogP contribution in [0.1, 0.15) is 44.5 Å². The molecule has 0 spiro atoms. The van der Waals surface area contributed by atoms with E-state index in [1.54, 1.807) is 12.6 Å². The van der Waals surface area contributed by atoms with Crippen LogP contribution in [0.25, 0.3) is 0 Å². The first-order valence-corrected chi connectivity index (χ1v) is 6.04. The Hall–Kier alpha value is -1.58. The number of rotatable bonds is 5. The number of hydrogen-bond donors (Lipinski definition) is 1. The van der Waals surface area contributed by atoms with Gasteiger partial charge in [0.2, 0.25) is 0 Å². The first-order valence-electron chi connectivity index (χ1n) is 6.04. The Morgan fingerprint density at radius 2 is 2.24 bits per heavy atom. The van der Waals surface area contributed by atoms with Crippen molar-refractivity contribution in [2.45, 2.75) is 45.4 Å². The quantitative estimate of drug-likeness (QED) is 0.864. The van der Waals surface area contributed by atoms with E-state index in [1.165, 1.54) is 0 Å². The first-order chi connectivity index (χ1) is 8.12. The third-order valence-corrected chi connectivity index (χ3v) is 2.82. The molecule has 0 amide bonds. The molecular weight excluding hydrogens is 214 g/mol. The zero-order valence-electron chi connectivity index (χ0n) is 10.7. The summed E-state index contributed by atoms with van der Waals surface area (Å²) in [5.74, 6) is 0.801.